The van der Waals surface area contributed by atoms with Gasteiger partial charge in [-0.2, -0.15) is 0 Å². The van der Waals surface area contributed by atoms with E-state index in [0.29, 0.717) is 44.0 Å². The Balaban J connectivity index is 0.00000576. The lowest BCUT2D eigenvalue weighted by atomic mass is 9.95. The van der Waals surface area contributed by atoms with Crippen molar-refractivity contribution in [1.29, 1.82) is 0 Å². The van der Waals surface area contributed by atoms with Gasteiger partial charge in [0.2, 0.25) is 5.91 Å². The van der Waals surface area contributed by atoms with E-state index < -0.39 is 0 Å². The molecule has 7 heteroatoms. The molecule has 0 saturated heterocycles. The number of rotatable bonds is 10. The largest absolute Gasteiger partial charge is 0.380 e. The number of carbonyl (C=O) groups is 1. The minimum Gasteiger partial charge on any atom is -0.380 e. The molecule has 0 heterocycles. The highest BCUT2D eigenvalue weighted by atomic mass is 127. The molecule has 1 fully saturated rings. The molecule has 0 aromatic heterocycles. The van der Waals surface area contributed by atoms with Gasteiger partial charge in [-0.05, 0) is 25.2 Å². The summed E-state index contributed by atoms with van der Waals surface area (Å²) in [6, 6.07) is 0.381. The molecule has 148 valence electrons. The Kier molecular flexibility index (Phi) is 15.3. The van der Waals surface area contributed by atoms with Crippen molar-refractivity contribution >= 4 is 35.8 Å². The molecule has 25 heavy (non-hydrogen) atoms. The molecule has 1 saturated carbocycles. The zero-order valence-corrected chi connectivity index (χ0v) is 18.4. The van der Waals surface area contributed by atoms with Gasteiger partial charge in [0.25, 0.3) is 0 Å². The predicted molar refractivity (Wildman–Crippen MR) is 115 cm³/mol. The third-order valence-electron chi connectivity index (χ3n) is 4.22. The van der Waals surface area contributed by atoms with E-state index in [4.69, 9.17) is 4.74 Å². The molecule has 0 aromatic carbocycles. The van der Waals surface area contributed by atoms with E-state index in [1.54, 1.807) is 7.05 Å². The lowest BCUT2D eigenvalue weighted by Crippen LogP contribution is -2.42. The highest BCUT2D eigenvalue weighted by Crippen LogP contribution is 2.17. The van der Waals surface area contributed by atoms with Crippen molar-refractivity contribution in [3.63, 3.8) is 0 Å². The van der Waals surface area contributed by atoms with Gasteiger partial charge in [0.05, 0.1) is 6.61 Å². The summed E-state index contributed by atoms with van der Waals surface area (Å²) in [7, 11) is 1.73. The molecule has 1 amide bonds. The number of ether oxygens (including phenoxy) is 1. The first-order chi connectivity index (χ1) is 11.6. The fourth-order valence-electron chi connectivity index (χ4n) is 2.72. The van der Waals surface area contributed by atoms with Gasteiger partial charge in [-0.15, -0.1) is 24.0 Å². The van der Waals surface area contributed by atoms with Crippen LogP contribution in [0.5, 0.6) is 0 Å². The van der Waals surface area contributed by atoms with E-state index in [9.17, 15) is 4.79 Å². The molecule has 1 rings (SSSR count). The van der Waals surface area contributed by atoms with Gasteiger partial charge < -0.3 is 20.7 Å². The third-order valence-corrected chi connectivity index (χ3v) is 4.22. The number of nitrogens with one attached hydrogen (secondary N) is 3. The molecule has 0 aromatic rings. The Bertz CT molecular complexity index is 372. The van der Waals surface area contributed by atoms with Crippen LogP contribution < -0.4 is 16.0 Å². The number of hydrogen-bond acceptors (Lipinski definition) is 3. The maximum absolute atomic E-state index is 11.9. The summed E-state index contributed by atoms with van der Waals surface area (Å²) in [4.78, 5) is 16.1. The summed E-state index contributed by atoms with van der Waals surface area (Å²) in [6.45, 7) is 7.15. The van der Waals surface area contributed by atoms with Gasteiger partial charge in [0.15, 0.2) is 5.96 Å². The summed E-state index contributed by atoms with van der Waals surface area (Å²) in [6.07, 6.45) is 7.58. The number of amides is 1. The van der Waals surface area contributed by atoms with E-state index in [-0.39, 0.29) is 29.9 Å². The van der Waals surface area contributed by atoms with Crippen LogP contribution in [0, 0.1) is 5.92 Å². The Labute approximate surface area is 170 Å². The summed E-state index contributed by atoms with van der Waals surface area (Å²) in [5.41, 5.74) is 0. The maximum Gasteiger partial charge on any atom is 0.221 e. The third kappa shape index (κ3) is 13.3. The van der Waals surface area contributed by atoms with Gasteiger partial charge in [-0.1, -0.05) is 33.1 Å². The molecule has 0 spiro atoms. The van der Waals surface area contributed by atoms with Crippen molar-refractivity contribution < 1.29 is 9.53 Å². The van der Waals surface area contributed by atoms with Crippen LogP contribution >= 0.6 is 24.0 Å². The minimum absolute atomic E-state index is 0. The van der Waals surface area contributed by atoms with Gasteiger partial charge in [0.1, 0.15) is 0 Å². The van der Waals surface area contributed by atoms with Gasteiger partial charge in [-0.25, -0.2) is 0 Å². The zero-order valence-electron chi connectivity index (χ0n) is 16.1. The van der Waals surface area contributed by atoms with Crippen LogP contribution in [-0.2, 0) is 9.53 Å². The van der Waals surface area contributed by atoms with Crippen LogP contribution in [0.15, 0.2) is 4.99 Å². The van der Waals surface area contributed by atoms with Crippen LogP contribution in [0.3, 0.4) is 0 Å². The zero-order chi connectivity index (χ0) is 17.6. The first-order valence-corrected chi connectivity index (χ1v) is 9.43. The highest BCUT2D eigenvalue weighted by Gasteiger charge is 2.15. The Morgan fingerprint density at radius 1 is 1.12 bits per heavy atom. The molecular weight excluding hydrogens is 431 g/mol. The molecule has 1 aliphatic carbocycles. The van der Waals surface area contributed by atoms with E-state index in [1.807, 2.05) is 0 Å². The normalized spacial score (nSPS) is 15.6. The van der Waals surface area contributed by atoms with Crippen molar-refractivity contribution in [2.24, 2.45) is 10.9 Å². The molecule has 0 aliphatic heterocycles. The maximum atomic E-state index is 11.9. The molecule has 3 N–H and O–H groups in total. The van der Waals surface area contributed by atoms with Crippen LogP contribution in [0.4, 0.5) is 0 Å². The SMILES string of the molecule is CN=C(NCCOCCC(C)C)NCCC(=O)NC1CCCCC1.I. The average Bonchev–Trinajstić information content (AvgIpc) is 2.57. The smallest absolute Gasteiger partial charge is 0.221 e. The molecule has 1 aliphatic rings. The second kappa shape index (κ2) is 15.7. The van der Waals surface area contributed by atoms with Crippen molar-refractivity contribution in [2.45, 2.75) is 64.8 Å². The summed E-state index contributed by atoms with van der Waals surface area (Å²) < 4.78 is 5.56. The van der Waals surface area contributed by atoms with Crippen molar-refractivity contribution in [3.8, 4) is 0 Å². The quantitative estimate of drug-likeness (QED) is 0.200. The number of aliphatic imine (C=N–C) groups is 1. The number of carbonyl (C=O) groups excluding carboxylic acids is 1. The molecular formula is C18H37IN4O2. The van der Waals surface area contributed by atoms with Crippen molar-refractivity contribution in [1.82, 2.24) is 16.0 Å². The van der Waals surface area contributed by atoms with Crippen LogP contribution in [-0.4, -0.2) is 51.3 Å². The van der Waals surface area contributed by atoms with E-state index in [1.165, 1.54) is 19.3 Å². The van der Waals surface area contributed by atoms with Crippen LogP contribution in [0.1, 0.15) is 58.8 Å². The number of guanidine groups is 1. The second-order valence-electron chi connectivity index (χ2n) is 6.87. The van der Waals surface area contributed by atoms with Crippen LogP contribution in [0.25, 0.3) is 0 Å². The minimum atomic E-state index is 0. The molecule has 6 nitrogen and oxygen atoms in total. The second-order valence-corrected chi connectivity index (χ2v) is 6.87. The summed E-state index contributed by atoms with van der Waals surface area (Å²) >= 11 is 0. The van der Waals surface area contributed by atoms with Crippen molar-refractivity contribution in [3.05, 3.63) is 0 Å². The Morgan fingerprint density at radius 3 is 2.44 bits per heavy atom. The molecule has 0 unspecified atom stereocenters. The first-order valence-electron chi connectivity index (χ1n) is 9.43. The lowest BCUT2D eigenvalue weighted by molar-refractivity contribution is -0.121. The van der Waals surface area contributed by atoms with E-state index >= 15 is 0 Å². The van der Waals surface area contributed by atoms with Gasteiger partial charge in [0, 0.05) is 39.2 Å². The summed E-state index contributed by atoms with van der Waals surface area (Å²) in [5.74, 6) is 1.52. The highest BCUT2D eigenvalue weighted by molar-refractivity contribution is 14.0. The Morgan fingerprint density at radius 2 is 1.80 bits per heavy atom. The van der Waals surface area contributed by atoms with Crippen LogP contribution in [0.2, 0.25) is 0 Å². The first kappa shape index (κ1) is 24.4. The van der Waals surface area contributed by atoms with Gasteiger partial charge in [-0.3, -0.25) is 9.79 Å². The Hall–Kier alpha value is -0.570. The van der Waals surface area contributed by atoms with E-state index in [0.717, 1.165) is 25.9 Å². The molecule has 0 atom stereocenters. The molecule has 0 bridgehead atoms. The number of hydrogen-bond donors (Lipinski definition) is 3. The monoisotopic (exact) mass is 468 g/mol. The molecule has 0 radical (unpaired) electrons. The fraction of sp³-hybridized carbons (Fsp3) is 0.889. The van der Waals surface area contributed by atoms with Gasteiger partial charge >= 0.3 is 0 Å². The summed E-state index contributed by atoms with van der Waals surface area (Å²) in [5, 5.41) is 9.49. The average molecular weight is 468 g/mol. The number of nitrogens with zero attached hydrogens (tertiary/aromatic N) is 1. The number of halogens is 1. The fourth-order valence-corrected chi connectivity index (χ4v) is 2.72. The van der Waals surface area contributed by atoms with Crippen molar-refractivity contribution in [2.75, 3.05) is 33.4 Å². The lowest BCUT2D eigenvalue weighted by Gasteiger charge is -2.22. The predicted octanol–water partition coefficient (Wildman–Crippen LogP) is 2.67. The van der Waals surface area contributed by atoms with E-state index in [2.05, 4.69) is 34.8 Å². The topological polar surface area (TPSA) is 74.8 Å². The standard InChI is InChI=1S/C18H36N4O2.HI/c1-15(2)10-13-24-14-12-21-18(19-3)20-11-9-17(23)22-16-7-5-4-6-8-16;/h15-16H,4-14H2,1-3H3,(H,22,23)(H2,19,20,21);1H.